The molecule has 30 heavy (non-hydrogen) atoms. The van der Waals surface area contributed by atoms with Gasteiger partial charge in [0, 0.05) is 28.0 Å². The molecule has 1 unspecified atom stereocenters. The summed E-state index contributed by atoms with van der Waals surface area (Å²) in [4.78, 5) is 17.0. The van der Waals surface area contributed by atoms with Crippen molar-refractivity contribution in [2.24, 2.45) is 0 Å². The average molecular weight is 461 g/mol. The Morgan fingerprint density at radius 2 is 1.80 bits per heavy atom. The summed E-state index contributed by atoms with van der Waals surface area (Å²) < 4.78 is 26.2. The number of para-hydroxylation sites is 1. The normalized spacial score (nSPS) is 12.0. The van der Waals surface area contributed by atoms with Crippen LogP contribution in [0.25, 0.3) is 5.65 Å². The van der Waals surface area contributed by atoms with Crippen LogP contribution in [0, 0.1) is 0 Å². The van der Waals surface area contributed by atoms with Crippen molar-refractivity contribution in [2.75, 3.05) is 9.62 Å². The van der Waals surface area contributed by atoms with Crippen molar-refractivity contribution in [3.63, 3.8) is 0 Å². The van der Waals surface area contributed by atoms with Gasteiger partial charge < -0.3 is 9.87 Å². The zero-order valence-corrected chi connectivity index (χ0v) is 17.4. The number of benzene rings is 2. The molecular formula is C19H12Cl2N5O3S-. The molecule has 0 aliphatic heterocycles. The van der Waals surface area contributed by atoms with E-state index in [-0.39, 0.29) is 32.8 Å². The second-order valence-electron chi connectivity index (χ2n) is 6.07. The maximum Gasteiger partial charge on any atom is 0.261 e. The summed E-state index contributed by atoms with van der Waals surface area (Å²) in [6.45, 7) is 0. The number of hydrogen-bond donors (Lipinski definition) is 1. The fourth-order valence-electron chi connectivity index (χ4n) is 2.80. The number of aromatic nitrogens is 3. The second kappa shape index (κ2) is 8.41. The number of rotatable bonds is 5. The van der Waals surface area contributed by atoms with E-state index in [1.807, 2.05) is 6.07 Å². The molecule has 0 fully saturated rings. The molecule has 0 radical (unpaired) electrons. The van der Waals surface area contributed by atoms with Gasteiger partial charge in [-0.3, -0.25) is 13.3 Å². The van der Waals surface area contributed by atoms with Crippen molar-refractivity contribution in [2.45, 2.75) is 0 Å². The molecule has 0 spiro atoms. The van der Waals surface area contributed by atoms with Crippen molar-refractivity contribution in [1.29, 1.82) is 0 Å². The van der Waals surface area contributed by atoms with Gasteiger partial charge in [0.1, 0.15) is 11.4 Å². The highest BCUT2D eigenvalue weighted by Gasteiger charge is 2.18. The average Bonchev–Trinajstić information content (AvgIpc) is 3.11. The van der Waals surface area contributed by atoms with Crippen LogP contribution in [0.2, 0.25) is 10.0 Å². The summed E-state index contributed by atoms with van der Waals surface area (Å²) in [5.74, 6) is -0.384. The number of anilines is 3. The number of amides is 1. The topological polar surface area (TPSA) is 103 Å². The fourth-order valence-corrected chi connectivity index (χ4v) is 3.85. The van der Waals surface area contributed by atoms with Crippen LogP contribution in [0.4, 0.5) is 17.2 Å². The number of fused-ring (bicyclic) bond motifs is 1. The lowest BCUT2D eigenvalue weighted by atomic mass is 10.2. The maximum atomic E-state index is 12.7. The molecule has 1 N–H and O–H groups in total. The highest BCUT2D eigenvalue weighted by Crippen LogP contribution is 2.31. The van der Waals surface area contributed by atoms with Gasteiger partial charge in [0.25, 0.3) is 5.91 Å². The highest BCUT2D eigenvalue weighted by molar-refractivity contribution is 7.81. The van der Waals surface area contributed by atoms with Crippen LogP contribution in [0.15, 0.2) is 67.0 Å². The molecule has 1 atom stereocenters. The Labute approximate surface area is 183 Å². The van der Waals surface area contributed by atoms with Gasteiger partial charge in [-0.2, -0.15) is 5.10 Å². The Hall–Kier alpha value is -2.98. The molecule has 2 heterocycles. The van der Waals surface area contributed by atoms with E-state index in [1.54, 1.807) is 24.3 Å². The number of halogens is 2. The van der Waals surface area contributed by atoms with Crippen LogP contribution in [-0.4, -0.2) is 29.3 Å². The first-order valence-electron chi connectivity index (χ1n) is 8.49. The lowest BCUT2D eigenvalue weighted by Crippen LogP contribution is -2.21. The predicted octanol–water partition coefficient (Wildman–Crippen LogP) is 4.22. The minimum absolute atomic E-state index is 0.0448. The van der Waals surface area contributed by atoms with Gasteiger partial charge >= 0.3 is 0 Å². The van der Waals surface area contributed by atoms with Gasteiger partial charge in [0.05, 0.1) is 23.2 Å². The van der Waals surface area contributed by atoms with Gasteiger partial charge in [-0.1, -0.05) is 41.4 Å². The predicted molar refractivity (Wildman–Crippen MR) is 115 cm³/mol. The van der Waals surface area contributed by atoms with E-state index >= 15 is 0 Å². The third kappa shape index (κ3) is 4.14. The van der Waals surface area contributed by atoms with Crippen molar-refractivity contribution in [3.8, 4) is 0 Å². The third-order valence-corrected chi connectivity index (χ3v) is 5.20. The summed E-state index contributed by atoms with van der Waals surface area (Å²) in [6, 6.07) is 14.7. The zero-order valence-electron chi connectivity index (χ0n) is 15.0. The lowest BCUT2D eigenvalue weighted by Gasteiger charge is -2.25. The first-order valence-corrected chi connectivity index (χ1v) is 10.3. The van der Waals surface area contributed by atoms with Crippen LogP contribution in [0.1, 0.15) is 10.4 Å². The first kappa shape index (κ1) is 20.3. The van der Waals surface area contributed by atoms with Crippen molar-refractivity contribution in [1.82, 2.24) is 14.6 Å². The number of carbonyl (C=O) groups is 1. The van der Waals surface area contributed by atoms with Gasteiger partial charge in [-0.15, -0.1) is 0 Å². The van der Waals surface area contributed by atoms with Gasteiger partial charge in [0.15, 0.2) is 5.65 Å². The van der Waals surface area contributed by atoms with Crippen molar-refractivity contribution >= 4 is 63.2 Å². The largest absolute Gasteiger partial charge is 0.755 e. The number of nitrogens with one attached hydrogen (secondary N) is 1. The summed E-state index contributed by atoms with van der Waals surface area (Å²) in [6.07, 6.45) is 2.86. The molecule has 0 aliphatic rings. The van der Waals surface area contributed by atoms with Gasteiger partial charge in [0.2, 0.25) is 0 Å². The monoisotopic (exact) mass is 460 g/mol. The van der Waals surface area contributed by atoms with E-state index < -0.39 is 17.2 Å². The van der Waals surface area contributed by atoms with Crippen LogP contribution >= 0.6 is 23.2 Å². The van der Waals surface area contributed by atoms with Crippen molar-refractivity contribution in [3.05, 3.63) is 82.6 Å². The molecule has 1 amide bonds. The molecule has 152 valence electrons. The highest BCUT2D eigenvalue weighted by atomic mass is 35.5. The van der Waals surface area contributed by atoms with E-state index in [4.69, 9.17) is 23.2 Å². The molecule has 4 aromatic rings. The molecule has 0 saturated carbocycles. The van der Waals surface area contributed by atoms with Crippen LogP contribution in [-0.2, 0) is 11.3 Å². The van der Waals surface area contributed by atoms with Crippen LogP contribution in [0.5, 0.6) is 0 Å². The molecule has 11 heteroatoms. The third-order valence-electron chi connectivity index (χ3n) is 4.07. The maximum absolute atomic E-state index is 12.7. The molecule has 0 saturated heterocycles. The summed E-state index contributed by atoms with van der Waals surface area (Å²) >= 11 is 9.29. The Kier molecular flexibility index (Phi) is 5.69. The van der Waals surface area contributed by atoms with Gasteiger partial charge in [-0.25, -0.2) is 9.50 Å². The molecule has 4 rings (SSSR count). The Bertz CT molecular complexity index is 1250. The minimum Gasteiger partial charge on any atom is -0.755 e. The molecule has 8 nitrogen and oxygen atoms in total. The minimum atomic E-state index is -2.73. The lowest BCUT2D eigenvalue weighted by molar-refractivity contribution is 0.102. The molecular weight excluding hydrogens is 449 g/mol. The summed E-state index contributed by atoms with van der Waals surface area (Å²) in [7, 11) is 0. The zero-order chi connectivity index (χ0) is 21.3. The molecule has 0 bridgehead atoms. The van der Waals surface area contributed by atoms with E-state index in [9.17, 15) is 13.6 Å². The SMILES string of the molecule is O=C(Nc1ccccc1)c1cnn2ccc(N(c3cc(Cl)cc(Cl)c3)S(=O)[O-])nc12. The standard InChI is InChI=1S/C19H13Cl2N5O3S/c20-12-8-13(21)10-15(9-12)26(30(28)29)17-6-7-25-18(24-17)16(11-22-25)19(27)23-14-4-2-1-3-5-14/h1-11H,(H,23,27)(H,28,29)/p-1. The van der Waals surface area contributed by atoms with E-state index in [1.165, 1.54) is 41.2 Å². The number of hydrogen-bond acceptors (Lipinski definition) is 5. The number of carbonyl (C=O) groups excluding carboxylic acids is 1. The van der Waals surface area contributed by atoms with Gasteiger partial charge in [-0.05, 0) is 30.3 Å². The fraction of sp³-hybridized carbons (Fsp3) is 0. The van der Waals surface area contributed by atoms with E-state index in [0.29, 0.717) is 5.69 Å². The van der Waals surface area contributed by atoms with Crippen LogP contribution in [0.3, 0.4) is 0 Å². The van der Waals surface area contributed by atoms with E-state index in [2.05, 4.69) is 15.4 Å². The summed E-state index contributed by atoms with van der Waals surface area (Å²) in [5, 5.41) is 7.39. The smallest absolute Gasteiger partial charge is 0.261 e. The number of nitrogens with zero attached hydrogens (tertiary/aromatic N) is 4. The Morgan fingerprint density at radius 3 is 2.47 bits per heavy atom. The quantitative estimate of drug-likeness (QED) is 0.449. The summed E-state index contributed by atoms with van der Waals surface area (Å²) in [5.41, 5.74) is 1.17. The van der Waals surface area contributed by atoms with Crippen LogP contribution < -0.4 is 9.62 Å². The molecule has 2 aromatic heterocycles. The first-order chi connectivity index (χ1) is 14.4. The Morgan fingerprint density at radius 1 is 1.10 bits per heavy atom. The van der Waals surface area contributed by atoms with E-state index in [0.717, 1.165) is 4.31 Å². The van der Waals surface area contributed by atoms with Crippen molar-refractivity contribution < 1.29 is 13.6 Å². The Balaban J connectivity index is 1.75. The molecule has 0 aliphatic carbocycles. The molecule has 2 aromatic carbocycles. The second-order valence-corrected chi connectivity index (χ2v) is 7.74.